The molecule has 0 aliphatic heterocycles. The summed E-state index contributed by atoms with van der Waals surface area (Å²) in [7, 11) is 0. The Morgan fingerprint density at radius 1 is 1.30 bits per heavy atom. The van der Waals surface area contributed by atoms with Gasteiger partial charge < -0.3 is 9.84 Å². The highest BCUT2D eigenvalue weighted by molar-refractivity contribution is 5.69. The van der Waals surface area contributed by atoms with E-state index in [1.165, 1.54) is 0 Å². The van der Waals surface area contributed by atoms with Crippen LogP contribution < -0.4 is 0 Å². The van der Waals surface area contributed by atoms with Gasteiger partial charge in [0.25, 0.3) is 0 Å². The zero-order chi connectivity index (χ0) is 15.3. The summed E-state index contributed by atoms with van der Waals surface area (Å²) in [4.78, 5) is 11.5. The fourth-order valence-electron chi connectivity index (χ4n) is 2.10. The third kappa shape index (κ3) is 4.55. The van der Waals surface area contributed by atoms with E-state index in [0.29, 0.717) is 25.2 Å². The van der Waals surface area contributed by atoms with E-state index in [1.807, 2.05) is 26.0 Å². The molecular formula is C17H26O3. The van der Waals surface area contributed by atoms with Crippen LogP contribution >= 0.6 is 0 Å². The highest BCUT2D eigenvalue weighted by Crippen LogP contribution is 2.34. The Kier molecular flexibility index (Phi) is 5.61. The molecule has 20 heavy (non-hydrogen) atoms. The summed E-state index contributed by atoms with van der Waals surface area (Å²) < 4.78 is 5.08. The summed E-state index contributed by atoms with van der Waals surface area (Å²) in [5.41, 5.74) is 2.73. The molecule has 112 valence electrons. The fraction of sp³-hybridized carbons (Fsp3) is 0.588. The van der Waals surface area contributed by atoms with E-state index in [-0.39, 0.29) is 11.4 Å². The first kappa shape index (κ1) is 16.5. The van der Waals surface area contributed by atoms with Crippen LogP contribution in [0.2, 0.25) is 0 Å². The van der Waals surface area contributed by atoms with Crippen molar-refractivity contribution >= 4 is 5.97 Å². The van der Waals surface area contributed by atoms with Crippen molar-refractivity contribution in [3.8, 4) is 5.75 Å². The second-order valence-corrected chi connectivity index (χ2v) is 6.28. The molecule has 3 nitrogen and oxygen atoms in total. The molecule has 0 saturated heterocycles. The van der Waals surface area contributed by atoms with E-state index in [2.05, 4.69) is 20.8 Å². The minimum Gasteiger partial charge on any atom is -0.507 e. The van der Waals surface area contributed by atoms with Gasteiger partial charge in [-0.3, -0.25) is 4.79 Å². The van der Waals surface area contributed by atoms with Gasteiger partial charge in [0.1, 0.15) is 5.75 Å². The smallest absolute Gasteiger partial charge is 0.306 e. The average Bonchev–Trinajstić information content (AvgIpc) is 2.36. The number of phenols is 1. The molecule has 0 aliphatic rings. The van der Waals surface area contributed by atoms with Crippen molar-refractivity contribution in [1.82, 2.24) is 0 Å². The number of aromatic hydroxyl groups is 1. The zero-order valence-corrected chi connectivity index (χ0v) is 13.2. The summed E-state index contributed by atoms with van der Waals surface area (Å²) in [6, 6.07) is 3.94. The maximum atomic E-state index is 11.5. The Balaban J connectivity index is 2.82. The monoisotopic (exact) mass is 278 g/mol. The molecule has 0 amide bonds. The Morgan fingerprint density at radius 3 is 2.50 bits per heavy atom. The van der Waals surface area contributed by atoms with Crippen molar-refractivity contribution in [2.45, 2.75) is 59.3 Å². The van der Waals surface area contributed by atoms with Crippen LogP contribution in [-0.2, 0) is 21.4 Å². The number of benzene rings is 1. The maximum absolute atomic E-state index is 11.5. The van der Waals surface area contributed by atoms with Gasteiger partial charge in [-0.2, -0.15) is 0 Å². The molecule has 0 bridgehead atoms. The van der Waals surface area contributed by atoms with Crippen LogP contribution in [0.4, 0.5) is 0 Å². The minimum absolute atomic E-state index is 0.117. The van der Waals surface area contributed by atoms with Gasteiger partial charge in [-0.15, -0.1) is 0 Å². The first-order valence-electron chi connectivity index (χ1n) is 7.24. The lowest BCUT2D eigenvalue weighted by atomic mass is 9.83. The van der Waals surface area contributed by atoms with Gasteiger partial charge in [0.05, 0.1) is 6.61 Å². The number of phenolic OH excluding ortho intramolecular Hbond substituents is 1. The van der Waals surface area contributed by atoms with Crippen molar-refractivity contribution < 1.29 is 14.6 Å². The normalized spacial score (nSPS) is 11.4. The third-order valence-corrected chi connectivity index (χ3v) is 3.25. The lowest BCUT2D eigenvalue weighted by molar-refractivity contribution is -0.143. The standard InChI is InChI=1S/C17H26O3/c1-6-9-20-15(18)8-7-13-10-12(2)16(19)14(11-13)17(3,4)5/h10-11,19H,6-9H2,1-5H3. The maximum Gasteiger partial charge on any atom is 0.306 e. The molecule has 0 atom stereocenters. The van der Waals surface area contributed by atoms with E-state index < -0.39 is 0 Å². The first-order valence-corrected chi connectivity index (χ1v) is 7.24. The molecule has 0 aliphatic carbocycles. The van der Waals surface area contributed by atoms with Crippen LogP contribution in [0.5, 0.6) is 5.75 Å². The second-order valence-electron chi connectivity index (χ2n) is 6.28. The Hall–Kier alpha value is -1.51. The number of carbonyl (C=O) groups is 1. The molecule has 3 heteroatoms. The first-order chi connectivity index (χ1) is 9.25. The number of rotatable bonds is 5. The summed E-state index contributed by atoms with van der Waals surface area (Å²) >= 11 is 0. The van der Waals surface area contributed by atoms with Crippen LogP contribution in [0, 0.1) is 6.92 Å². The van der Waals surface area contributed by atoms with Crippen LogP contribution in [-0.4, -0.2) is 17.7 Å². The molecule has 1 aromatic rings. The molecule has 0 heterocycles. The van der Waals surface area contributed by atoms with Crippen LogP contribution in [0.15, 0.2) is 12.1 Å². The SMILES string of the molecule is CCCOC(=O)CCc1cc(C)c(O)c(C(C)(C)C)c1. The quantitative estimate of drug-likeness (QED) is 0.831. The van der Waals surface area contributed by atoms with Crippen molar-refractivity contribution in [3.05, 3.63) is 28.8 Å². The predicted octanol–water partition coefficient (Wildman–Crippen LogP) is 3.88. The molecule has 0 saturated carbocycles. The third-order valence-electron chi connectivity index (χ3n) is 3.25. The van der Waals surface area contributed by atoms with Gasteiger partial charge in [-0.05, 0) is 41.9 Å². The largest absolute Gasteiger partial charge is 0.507 e. The summed E-state index contributed by atoms with van der Waals surface area (Å²) in [5, 5.41) is 10.2. The zero-order valence-electron chi connectivity index (χ0n) is 13.2. The number of aryl methyl sites for hydroxylation is 2. The van der Waals surface area contributed by atoms with E-state index in [4.69, 9.17) is 4.74 Å². The lowest BCUT2D eigenvalue weighted by Gasteiger charge is -2.22. The highest BCUT2D eigenvalue weighted by atomic mass is 16.5. The number of hydrogen-bond acceptors (Lipinski definition) is 3. The Bertz CT molecular complexity index is 470. The van der Waals surface area contributed by atoms with Gasteiger partial charge in [0, 0.05) is 6.42 Å². The van der Waals surface area contributed by atoms with Gasteiger partial charge in [-0.25, -0.2) is 0 Å². The number of hydrogen-bond donors (Lipinski definition) is 1. The summed E-state index contributed by atoms with van der Waals surface area (Å²) in [6.07, 6.45) is 1.87. The highest BCUT2D eigenvalue weighted by Gasteiger charge is 2.20. The molecule has 1 aromatic carbocycles. The molecule has 0 fully saturated rings. The van der Waals surface area contributed by atoms with Crippen LogP contribution in [0.3, 0.4) is 0 Å². The van der Waals surface area contributed by atoms with E-state index in [1.54, 1.807) is 0 Å². The molecule has 1 N–H and O–H groups in total. The molecule has 1 rings (SSSR count). The van der Waals surface area contributed by atoms with Gasteiger partial charge in [0.15, 0.2) is 0 Å². The Labute approximate surface area is 122 Å². The lowest BCUT2D eigenvalue weighted by Crippen LogP contribution is -2.13. The topological polar surface area (TPSA) is 46.5 Å². The molecule has 0 unspecified atom stereocenters. The van der Waals surface area contributed by atoms with Gasteiger partial charge in [0.2, 0.25) is 0 Å². The predicted molar refractivity (Wildman–Crippen MR) is 81.1 cm³/mol. The Morgan fingerprint density at radius 2 is 1.95 bits per heavy atom. The number of carbonyl (C=O) groups excluding carboxylic acids is 1. The van der Waals surface area contributed by atoms with Crippen LogP contribution in [0.1, 0.15) is 57.2 Å². The van der Waals surface area contributed by atoms with Crippen molar-refractivity contribution in [2.24, 2.45) is 0 Å². The summed E-state index contributed by atoms with van der Waals surface area (Å²) in [5.74, 6) is 0.199. The van der Waals surface area contributed by atoms with E-state index >= 15 is 0 Å². The number of esters is 1. The van der Waals surface area contributed by atoms with Crippen LogP contribution in [0.25, 0.3) is 0 Å². The second kappa shape index (κ2) is 6.78. The average molecular weight is 278 g/mol. The minimum atomic E-state index is -0.158. The molecule has 0 aromatic heterocycles. The molecule has 0 radical (unpaired) electrons. The molecular weight excluding hydrogens is 252 g/mol. The van der Waals surface area contributed by atoms with Crippen molar-refractivity contribution in [1.29, 1.82) is 0 Å². The van der Waals surface area contributed by atoms with Gasteiger partial charge in [-0.1, -0.05) is 39.8 Å². The summed E-state index contributed by atoms with van der Waals surface area (Å²) in [6.45, 7) is 10.6. The molecule has 0 spiro atoms. The van der Waals surface area contributed by atoms with E-state index in [0.717, 1.165) is 23.1 Å². The fourth-order valence-corrected chi connectivity index (χ4v) is 2.10. The van der Waals surface area contributed by atoms with E-state index in [9.17, 15) is 9.90 Å². The van der Waals surface area contributed by atoms with Gasteiger partial charge >= 0.3 is 5.97 Å². The van der Waals surface area contributed by atoms with Crippen molar-refractivity contribution in [2.75, 3.05) is 6.61 Å². The van der Waals surface area contributed by atoms with Crippen molar-refractivity contribution in [3.63, 3.8) is 0 Å². The number of ether oxygens (including phenoxy) is 1.